The van der Waals surface area contributed by atoms with Crippen LogP contribution in [0.3, 0.4) is 0 Å². The molecule has 0 aromatic heterocycles. The average molecular weight is 404 g/mol. The monoisotopic (exact) mass is 403 g/mol. The molecule has 0 radical (unpaired) electrons. The van der Waals surface area contributed by atoms with E-state index >= 15 is 0 Å². The van der Waals surface area contributed by atoms with Crippen molar-refractivity contribution >= 4 is 45.8 Å². The standard InChI is InChI=1S/C17H14ClN5O3S/c1-27-17-20-16(24)14-10-4-2-3-5-13(10)19-15(22(14)21-17)11-8-9(23(25)26)6-7-12(11)18/h2-8,14-15,19H,1H3,(H,20,21,24). The zero-order valence-electron chi connectivity index (χ0n) is 14.0. The second-order valence-electron chi connectivity index (χ2n) is 5.98. The van der Waals surface area contributed by atoms with Gasteiger partial charge in [-0.15, -0.1) is 5.10 Å². The molecular formula is C17H14ClN5O3S. The zero-order valence-corrected chi connectivity index (χ0v) is 15.6. The third kappa shape index (κ3) is 2.98. The topological polar surface area (TPSA) is 99.9 Å². The van der Waals surface area contributed by atoms with Gasteiger partial charge in [0.25, 0.3) is 11.6 Å². The number of nitrogens with one attached hydrogen (secondary N) is 2. The predicted octanol–water partition coefficient (Wildman–Crippen LogP) is 3.48. The number of amidine groups is 1. The largest absolute Gasteiger partial charge is 0.360 e. The van der Waals surface area contributed by atoms with Crippen molar-refractivity contribution in [3.05, 3.63) is 68.7 Å². The zero-order chi connectivity index (χ0) is 19.1. The van der Waals surface area contributed by atoms with E-state index in [9.17, 15) is 14.9 Å². The van der Waals surface area contributed by atoms with Crippen LogP contribution in [0.1, 0.15) is 23.3 Å². The number of hydrazone groups is 1. The van der Waals surface area contributed by atoms with Crippen LogP contribution in [-0.4, -0.2) is 27.3 Å². The van der Waals surface area contributed by atoms with Crippen molar-refractivity contribution in [2.75, 3.05) is 11.6 Å². The number of amides is 1. The van der Waals surface area contributed by atoms with Crippen LogP contribution in [0.5, 0.6) is 0 Å². The normalized spacial score (nSPS) is 20.7. The summed E-state index contributed by atoms with van der Waals surface area (Å²) in [5, 5.41) is 24.2. The summed E-state index contributed by atoms with van der Waals surface area (Å²) in [5.41, 5.74) is 1.92. The van der Waals surface area contributed by atoms with Gasteiger partial charge in [0.2, 0.25) is 0 Å². The lowest BCUT2D eigenvalue weighted by atomic mass is 9.97. The summed E-state index contributed by atoms with van der Waals surface area (Å²) in [4.78, 5) is 23.5. The van der Waals surface area contributed by atoms with Gasteiger partial charge in [-0.25, -0.2) is 0 Å². The molecule has 2 unspecified atom stereocenters. The molecule has 2 atom stereocenters. The number of benzene rings is 2. The van der Waals surface area contributed by atoms with Gasteiger partial charge in [0, 0.05) is 34.0 Å². The molecule has 10 heteroatoms. The van der Waals surface area contributed by atoms with Gasteiger partial charge in [0.05, 0.1) is 4.92 Å². The Balaban J connectivity index is 1.89. The fraction of sp³-hybridized carbons (Fsp3) is 0.176. The Morgan fingerprint density at radius 2 is 2.04 bits per heavy atom. The molecule has 2 aliphatic heterocycles. The van der Waals surface area contributed by atoms with E-state index in [1.54, 1.807) is 11.3 Å². The van der Waals surface area contributed by atoms with Crippen LogP contribution in [0.25, 0.3) is 0 Å². The van der Waals surface area contributed by atoms with E-state index in [2.05, 4.69) is 15.7 Å². The third-order valence-corrected chi connectivity index (χ3v) is 5.35. The summed E-state index contributed by atoms with van der Waals surface area (Å²) < 4.78 is 0. The highest BCUT2D eigenvalue weighted by Gasteiger charge is 2.42. The molecule has 2 N–H and O–H groups in total. The number of para-hydroxylation sites is 1. The van der Waals surface area contributed by atoms with Gasteiger partial charge >= 0.3 is 0 Å². The highest BCUT2D eigenvalue weighted by atomic mass is 35.5. The van der Waals surface area contributed by atoms with E-state index in [0.717, 1.165) is 11.3 Å². The Labute approximate surface area is 163 Å². The van der Waals surface area contributed by atoms with E-state index in [0.29, 0.717) is 15.8 Å². The van der Waals surface area contributed by atoms with Crippen molar-refractivity contribution in [3.8, 4) is 0 Å². The summed E-state index contributed by atoms with van der Waals surface area (Å²) in [5.74, 6) is -0.213. The lowest BCUT2D eigenvalue weighted by Gasteiger charge is -2.43. The van der Waals surface area contributed by atoms with Gasteiger partial charge in [-0.05, 0) is 18.4 Å². The summed E-state index contributed by atoms with van der Waals surface area (Å²) in [6.45, 7) is 0. The number of carbonyl (C=O) groups is 1. The lowest BCUT2D eigenvalue weighted by Crippen LogP contribution is -2.50. The maximum Gasteiger partial charge on any atom is 0.269 e. The maximum absolute atomic E-state index is 12.8. The number of fused-ring (bicyclic) bond motifs is 3. The van der Waals surface area contributed by atoms with E-state index in [-0.39, 0.29) is 11.6 Å². The minimum atomic E-state index is -0.668. The van der Waals surface area contributed by atoms with Gasteiger partial charge in [-0.1, -0.05) is 41.6 Å². The Morgan fingerprint density at radius 3 is 2.78 bits per heavy atom. The summed E-state index contributed by atoms with van der Waals surface area (Å²) >= 11 is 7.66. The van der Waals surface area contributed by atoms with E-state index < -0.39 is 17.1 Å². The van der Waals surface area contributed by atoms with Gasteiger partial charge < -0.3 is 10.6 Å². The fourth-order valence-electron chi connectivity index (χ4n) is 3.22. The first-order chi connectivity index (χ1) is 13.0. The van der Waals surface area contributed by atoms with Crippen LogP contribution in [0.15, 0.2) is 47.6 Å². The van der Waals surface area contributed by atoms with Crippen molar-refractivity contribution in [2.24, 2.45) is 5.10 Å². The Morgan fingerprint density at radius 1 is 1.26 bits per heavy atom. The van der Waals surface area contributed by atoms with Crippen LogP contribution >= 0.6 is 23.4 Å². The molecule has 2 aliphatic rings. The fourth-order valence-corrected chi connectivity index (χ4v) is 3.82. The third-order valence-electron chi connectivity index (χ3n) is 4.44. The number of anilines is 1. The van der Waals surface area contributed by atoms with Gasteiger partial charge in [-0.3, -0.25) is 19.9 Å². The first-order valence-electron chi connectivity index (χ1n) is 8.00. The average Bonchev–Trinajstić information content (AvgIpc) is 2.67. The number of nitro groups is 1. The number of halogens is 1. The molecule has 2 heterocycles. The minimum Gasteiger partial charge on any atom is -0.360 e. The van der Waals surface area contributed by atoms with Crippen LogP contribution in [-0.2, 0) is 4.79 Å². The molecule has 1 amide bonds. The first kappa shape index (κ1) is 17.6. The highest BCUT2D eigenvalue weighted by molar-refractivity contribution is 8.13. The number of nitro benzene ring substituents is 1. The smallest absolute Gasteiger partial charge is 0.269 e. The highest BCUT2D eigenvalue weighted by Crippen LogP contribution is 2.44. The van der Waals surface area contributed by atoms with Crippen molar-refractivity contribution < 1.29 is 9.72 Å². The molecule has 0 spiro atoms. The number of hydrogen-bond acceptors (Lipinski definition) is 7. The number of thioether (sulfide) groups is 1. The van der Waals surface area contributed by atoms with Crippen LogP contribution in [0.2, 0.25) is 5.02 Å². The molecule has 8 nitrogen and oxygen atoms in total. The maximum atomic E-state index is 12.8. The lowest BCUT2D eigenvalue weighted by molar-refractivity contribution is -0.384. The quantitative estimate of drug-likeness (QED) is 0.588. The number of carbonyl (C=O) groups excluding carboxylic acids is 1. The predicted molar refractivity (Wildman–Crippen MR) is 105 cm³/mol. The Bertz CT molecular complexity index is 983. The molecule has 0 saturated carbocycles. The number of nitrogens with zero attached hydrogens (tertiary/aromatic N) is 3. The molecule has 2 aromatic rings. The summed E-state index contributed by atoms with van der Waals surface area (Å²) in [7, 11) is 0. The SMILES string of the molecule is CSC1=NN2C(c3cc([N+](=O)[O-])ccc3Cl)Nc3ccccc3C2C(=O)N1. The second-order valence-corrected chi connectivity index (χ2v) is 7.18. The van der Waals surface area contributed by atoms with Gasteiger partial charge in [-0.2, -0.15) is 0 Å². The molecule has 4 rings (SSSR count). The van der Waals surface area contributed by atoms with Crippen molar-refractivity contribution in [1.29, 1.82) is 0 Å². The molecule has 2 aromatic carbocycles. The summed E-state index contributed by atoms with van der Waals surface area (Å²) in [6, 6.07) is 11.0. The number of rotatable bonds is 2. The van der Waals surface area contributed by atoms with E-state index in [1.807, 2.05) is 24.3 Å². The van der Waals surface area contributed by atoms with Crippen LogP contribution < -0.4 is 10.6 Å². The van der Waals surface area contributed by atoms with E-state index in [1.165, 1.54) is 30.0 Å². The number of non-ortho nitro benzene ring substituents is 1. The minimum absolute atomic E-state index is 0.0814. The molecule has 27 heavy (non-hydrogen) atoms. The van der Waals surface area contributed by atoms with Gasteiger partial charge in [0.15, 0.2) is 11.2 Å². The van der Waals surface area contributed by atoms with E-state index in [4.69, 9.17) is 11.6 Å². The first-order valence-corrected chi connectivity index (χ1v) is 9.61. The van der Waals surface area contributed by atoms with Crippen LogP contribution in [0.4, 0.5) is 11.4 Å². The molecule has 0 aliphatic carbocycles. The molecule has 0 saturated heterocycles. The Kier molecular flexibility index (Phi) is 4.40. The van der Waals surface area contributed by atoms with Crippen molar-refractivity contribution in [3.63, 3.8) is 0 Å². The molecular weight excluding hydrogens is 390 g/mol. The number of hydrogen-bond donors (Lipinski definition) is 2. The van der Waals surface area contributed by atoms with Crippen molar-refractivity contribution in [1.82, 2.24) is 10.3 Å². The Hall–Kier alpha value is -2.78. The van der Waals surface area contributed by atoms with Gasteiger partial charge in [0.1, 0.15) is 6.17 Å². The van der Waals surface area contributed by atoms with Crippen LogP contribution in [0, 0.1) is 10.1 Å². The van der Waals surface area contributed by atoms with Crippen molar-refractivity contribution in [2.45, 2.75) is 12.2 Å². The molecule has 0 bridgehead atoms. The second kappa shape index (κ2) is 6.75. The summed E-state index contributed by atoms with van der Waals surface area (Å²) in [6.07, 6.45) is 1.17. The molecule has 138 valence electrons. The molecule has 0 fully saturated rings.